The summed E-state index contributed by atoms with van der Waals surface area (Å²) in [7, 11) is -3.73. The van der Waals surface area contributed by atoms with E-state index in [-0.39, 0.29) is 10.8 Å². The molecule has 0 aromatic heterocycles. The fraction of sp³-hybridized carbons (Fsp3) is 0.417. The Hall–Kier alpha value is -2.11. The zero-order valence-corrected chi connectivity index (χ0v) is 17.7. The van der Waals surface area contributed by atoms with Gasteiger partial charge in [-0.1, -0.05) is 67.3 Å². The lowest BCUT2D eigenvalue weighted by Crippen LogP contribution is -2.39. The molecular weight excluding hydrogens is 384 g/mol. The number of aryl methyl sites for hydroxylation is 1. The minimum Gasteiger partial charge on any atom is -0.497 e. The fourth-order valence-corrected chi connectivity index (χ4v) is 5.57. The summed E-state index contributed by atoms with van der Waals surface area (Å²) in [5, 5.41) is 9.99. The highest BCUT2D eigenvalue weighted by atomic mass is 32.2. The van der Waals surface area contributed by atoms with E-state index in [0.717, 1.165) is 43.2 Å². The molecule has 0 bridgehead atoms. The van der Waals surface area contributed by atoms with Gasteiger partial charge in [0.25, 0.3) is 0 Å². The van der Waals surface area contributed by atoms with Gasteiger partial charge in [-0.2, -0.15) is 0 Å². The molecule has 0 saturated heterocycles. The summed E-state index contributed by atoms with van der Waals surface area (Å²) < 4.78 is 32.2. The highest BCUT2D eigenvalue weighted by Gasteiger charge is 2.36. The van der Waals surface area contributed by atoms with Crippen molar-refractivity contribution in [3.8, 4) is 0 Å². The van der Waals surface area contributed by atoms with Crippen molar-refractivity contribution >= 4 is 9.84 Å². The van der Waals surface area contributed by atoms with E-state index in [2.05, 4.69) is 0 Å². The van der Waals surface area contributed by atoms with E-state index in [4.69, 9.17) is 4.74 Å². The van der Waals surface area contributed by atoms with E-state index in [0.29, 0.717) is 6.61 Å². The number of ether oxygens (including phenoxy) is 1. The van der Waals surface area contributed by atoms with Gasteiger partial charge in [0, 0.05) is 0 Å². The first-order chi connectivity index (χ1) is 14.0. The second-order valence-corrected chi connectivity index (χ2v) is 9.94. The number of aliphatic hydroxyl groups is 1. The Balaban J connectivity index is 1.80. The van der Waals surface area contributed by atoms with Crippen LogP contribution in [0.4, 0.5) is 0 Å². The van der Waals surface area contributed by atoms with Crippen molar-refractivity contribution in [1.82, 2.24) is 0 Å². The van der Waals surface area contributed by atoms with Crippen LogP contribution in [0, 0.1) is 12.8 Å². The minimum absolute atomic E-state index is 0.00672. The summed E-state index contributed by atoms with van der Waals surface area (Å²) in [4.78, 5) is 0.232. The quantitative estimate of drug-likeness (QED) is 0.630. The molecule has 2 aromatic rings. The summed E-state index contributed by atoms with van der Waals surface area (Å²) in [5.74, 6) is -0.00672. The van der Waals surface area contributed by atoms with Gasteiger partial charge in [0.1, 0.15) is 11.9 Å². The molecule has 3 rings (SSSR count). The summed E-state index contributed by atoms with van der Waals surface area (Å²) >= 11 is 0. The summed E-state index contributed by atoms with van der Waals surface area (Å²) in [6, 6.07) is 16.5. The van der Waals surface area contributed by atoms with E-state index >= 15 is 0 Å². The van der Waals surface area contributed by atoms with Crippen molar-refractivity contribution in [3.05, 3.63) is 78.1 Å². The predicted octanol–water partition coefficient (Wildman–Crippen LogP) is 4.81. The van der Waals surface area contributed by atoms with Crippen LogP contribution < -0.4 is 0 Å². The van der Waals surface area contributed by atoms with E-state index < -0.39 is 21.2 Å². The van der Waals surface area contributed by atoms with Crippen LogP contribution >= 0.6 is 0 Å². The Morgan fingerprint density at radius 1 is 1.03 bits per heavy atom. The zero-order valence-electron chi connectivity index (χ0n) is 16.9. The van der Waals surface area contributed by atoms with Crippen molar-refractivity contribution in [1.29, 1.82) is 0 Å². The Labute approximate surface area is 174 Å². The van der Waals surface area contributed by atoms with Gasteiger partial charge in [0.15, 0.2) is 9.84 Å². The lowest BCUT2D eigenvalue weighted by atomic mass is 9.84. The zero-order chi connectivity index (χ0) is 20.7. The first-order valence-electron chi connectivity index (χ1n) is 10.3. The van der Waals surface area contributed by atoms with Gasteiger partial charge in [-0.15, -0.1) is 0 Å². The van der Waals surface area contributed by atoms with Gasteiger partial charge in [-0.25, -0.2) is 8.42 Å². The van der Waals surface area contributed by atoms with Crippen LogP contribution in [0.15, 0.2) is 71.8 Å². The number of aliphatic hydroxyl groups excluding tert-OH is 1. The standard InChI is InChI=1S/C24H30O4S/c1-19-12-14-22(15-13-19)29(26,27)23(24(25)21-10-6-3-7-11-21)16-17-28-18-20-8-4-2-5-9-20/h2,4-5,8-9,12-17,21,23-25H,3,6-7,10-11,18H2,1H3/b17-16-. The largest absolute Gasteiger partial charge is 0.497 e. The molecule has 2 unspecified atom stereocenters. The van der Waals surface area contributed by atoms with Gasteiger partial charge in [-0.05, 0) is 49.5 Å². The maximum atomic E-state index is 13.3. The lowest BCUT2D eigenvalue weighted by Gasteiger charge is -2.30. The van der Waals surface area contributed by atoms with Crippen molar-refractivity contribution in [3.63, 3.8) is 0 Å². The molecule has 2 atom stereocenters. The second-order valence-electron chi connectivity index (χ2n) is 7.84. The number of rotatable bonds is 8. The molecule has 1 fully saturated rings. The molecule has 0 amide bonds. The van der Waals surface area contributed by atoms with Gasteiger partial charge in [0.05, 0.1) is 17.3 Å². The topological polar surface area (TPSA) is 63.6 Å². The number of sulfone groups is 1. The SMILES string of the molecule is Cc1ccc(S(=O)(=O)C(/C=C\OCc2ccccc2)C(O)C2CCCCC2)cc1. The molecule has 2 aromatic carbocycles. The van der Waals surface area contributed by atoms with Gasteiger partial charge in [0.2, 0.25) is 0 Å². The van der Waals surface area contributed by atoms with Crippen LogP contribution in [0.2, 0.25) is 0 Å². The van der Waals surface area contributed by atoms with E-state index in [1.165, 1.54) is 12.3 Å². The number of hydrogen-bond acceptors (Lipinski definition) is 4. The summed E-state index contributed by atoms with van der Waals surface area (Å²) in [6.45, 7) is 2.27. The second kappa shape index (κ2) is 10.1. The van der Waals surface area contributed by atoms with Crippen LogP contribution in [-0.2, 0) is 21.2 Å². The van der Waals surface area contributed by atoms with E-state index in [1.54, 1.807) is 24.3 Å². The predicted molar refractivity (Wildman–Crippen MR) is 115 cm³/mol. The van der Waals surface area contributed by atoms with Crippen molar-refractivity contribution in [2.75, 3.05) is 0 Å². The maximum absolute atomic E-state index is 13.3. The average molecular weight is 415 g/mol. The lowest BCUT2D eigenvalue weighted by molar-refractivity contribution is 0.0886. The molecule has 5 heteroatoms. The third kappa shape index (κ3) is 5.71. The molecule has 1 aliphatic carbocycles. The van der Waals surface area contributed by atoms with E-state index in [9.17, 15) is 13.5 Å². The fourth-order valence-electron chi connectivity index (χ4n) is 3.88. The third-order valence-corrected chi connectivity index (χ3v) is 7.72. The molecule has 29 heavy (non-hydrogen) atoms. The Kier molecular flexibility index (Phi) is 7.51. The average Bonchev–Trinajstić information content (AvgIpc) is 2.75. The Bertz CT molecular complexity index is 882. The van der Waals surface area contributed by atoms with Gasteiger partial charge >= 0.3 is 0 Å². The molecule has 4 nitrogen and oxygen atoms in total. The van der Waals surface area contributed by atoms with Crippen LogP contribution in [0.5, 0.6) is 0 Å². The van der Waals surface area contributed by atoms with Gasteiger partial charge in [-0.3, -0.25) is 0 Å². The Morgan fingerprint density at radius 2 is 1.69 bits per heavy atom. The van der Waals surface area contributed by atoms with Gasteiger partial charge < -0.3 is 9.84 Å². The first kappa shape index (κ1) is 21.6. The monoisotopic (exact) mass is 414 g/mol. The molecule has 1 aliphatic rings. The van der Waals surface area contributed by atoms with Crippen LogP contribution in [-0.4, -0.2) is 24.9 Å². The first-order valence-corrected chi connectivity index (χ1v) is 11.8. The molecule has 1 N–H and O–H groups in total. The molecule has 0 radical (unpaired) electrons. The number of hydrogen-bond donors (Lipinski definition) is 1. The van der Waals surface area contributed by atoms with E-state index in [1.807, 2.05) is 37.3 Å². The van der Waals surface area contributed by atoms with Crippen LogP contribution in [0.3, 0.4) is 0 Å². The smallest absolute Gasteiger partial charge is 0.187 e. The molecule has 1 saturated carbocycles. The summed E-state index contributed by atoms with van der Waals surface area (Å²) in [5.41, 5.74) is 2.00. The normalized spacial score (nSPS) is 17.9. The highest BCUT2D eigenvalue weighted by Crippen LogP contribution is 2.32. The highest BCUT2D eigenvalue weighted by molar-refractivity contribution is 7.92. The molecule has 0 aliphatic heterocycles. The summed E-state index contributed by atoms with van der Waals surface area (Å²) in [6.07, 6.45) is 6.93. The minimum atomic E-state index is -3.73. The maximum Gasteiger partial charge on any atom is 0.187 e. The molecular formula is C24H30O4S. The molecule has 0 heterocycles. The van der Waals surface area contributed by atoms with Crippen molar-refractivity contribution in [2.45, 2.75) is 61.9 Å². The molecule has 156 valence electrons. The van der Waals surface area contributed by atoms with Crippen molar-refractivity contribution in [2.24, 2.45) is 5.92 Å². The molecule has 0 spiro atoms. The van der Waals surface area contributed by atoms with Crippen LogP contribution in [0.25, 0.3) is 0 Å². The number of benzene rings is 2. The van der Waals surface area contributed by atoms with Crippen LogP contribution in [0.1, 0.15) is 43.2 Å². The van der Waals surface area contributed by atoms with Crippen molar-refractivity contribution < 1.29 is 18.3 Å². The third-order valence-electron chi connectivity index (χ3n) is 5.63. The Morgan fingerprint density at radius 3 is 2.34 bits per heavy atom.